The number of benzene rings is 1. The maximum atomic E-state index is 13.3. The summed E-state index contributed by atoms with van der Waals surface area (Å²) in [5, 5.41) is 7.45. The Bertz CT molecular complexity index is 609. The molecule has 0 saturated heterocycles. The van der Waals surface area contributed by atoms with Crippen LogP contribution in [0.5, 0.6) is 0 Å². The van der Waals surface area contributed by atoms with Gasteiger partial charge in [0.2, 0.25) is 0 Å². The topological polar surface area (TPSA) is 45.5 Å². The van der Waals surface area contributed by atoms with Crippen molar-refractivity contribution in [2.45, 2.75) is 26.4 Å². The Morgan fingerprint density at radius 2 is 2.26 bits per heavy atom. The lowest BCUT2D eigenvalue weighted by Gasteiger charge is -2.22. The van der Waals surface area contributed by atoms with Crippen molar-refractivity contribution >= 4 is 5.96 Å². The number of nitrogens with zero attached hydrogens (tertiary/aromatic N) is 4. The Balaban J connectivity index is 1.88. The van der Waals surface area contributed by atoms with Crippen LogP contribution in [0.3, 0.4) is 0 Å². The van der Waals surface area contributed by atoms with Crippen LogP contribution in [0.1, 0.15) is 18.9 Å². The average Bonchev–Trinajstić information content (AvgIpc) is 3.03. The van der Waals surface area contributed by atoms with Crippen LogP contribution in [-0.4, -0.2) is 40.8 Å². The predicted molar refractivity (Wildman–Crippen MR) is 90.7 cm³/mol. The molecular formula is C17H24FN5. The molecule has 0 aliphatic carbocycles. The van der Waals surface area contributed by atoms with Crippen molar-refractivity contribution in [3.05, 3.63) is 54.1 Å². The first kappa shape index (κ1) is 17.0. The molecule has 0 aliphatic heterocycles. The second kappa shape index (κ2) is 8.92. The van der Waals surface area contributed by atoms with Crippen LogP contribution in [0.15, 0.2) is 47.7 Å². The van der Waals surface area contributed by atoms with Crippen LogP contribution in [0.4, 0.5) is 4.39 Å². The van der Waals surface area contributed by atoms with Gasteiger partial charge >= 0.3 is 0 Å². The lowest BCUT2D eigenvalue weighted by molar-refractivity contribution is 0.473. The van der Waals surface area contributed by atoms with Gasteiger partial charge in [0.1, 0.15) is 5.82 Å². The molecule has 0 unspecified atom stereocenters. The number of nitrogens with one attached hydrogen (secondary N) is 1. The van der Waals surface area contributed by atoms with E-state index in [1.54, 1.807) is 18.3 Å². The molecular weight excluding hydrogens is 293 g/mol. The maximum absolute atomic E-state index is 13.3. The molecule has 0 fully saturated rings. The summed E-state index contributed by atoms with van der Waals surface area (Å²) in [5.41, 5.74) is 0.926. The zero-order valence-electron chi connectivity index (χ0n) is 13.7. The third-order valence-corrected chi connectivity index (χ3v) is 3.37. The average molecular weight is 317 g/mol. The quantitative estimate of drug-likeness (QED) is 0.485. The summed E-state index contributed by atoms with van der Waals surface area (Å²) in [6.45, 7) is 5.02. The number of hydrogen-bond donors (Lipinski definition) is 1. The van der Waals surface area contributed by atoms with Gasteiger partial charge in [0.05, 0.1) is 0 Å². The number of halogens is 1. The minimum absolute atomic E-state index is 0.211. The first-order valence-electron chi connectivity index (χ1n) is 7.90. The third kappa shape index (κ3) is 5.73. The molecule has 1 heterocycles. The van der Waals surface area contributed by atoms with E-state index >= 15 is 0 Å². The number of aliphatic imine (C=N–C) groups is 1. The van der Waals surface area contributed by atoms with E-state index < -0.39 is 0 Å². The fourth-order valence-electron chi connectivity index (χ4n) is 2.30. The largest absolute Gasteiger partial charge is 0.357 e. The van der Waals surface area contributed by atoms with Crippen molar-refractivity contribution in [2.24, 2.45) is 4.99 Å². The van der Waals surface area contributed by atoms with E-state index in [1.165, 1.54) is 6.07 Å². The monoisotopic (exact) mass is 317 g/mol. The minimum Gasteiger partial charge on any atom is -0.357 e. The van der Waals surface area contributed by atoms with Gasteiger partial charge in [0.15, 0.2) is 5.96 Å². The summed E-state index contributed by atoms with van der Waals surface area (Å²) in [6, 6.07) is 8.57. The molecule has 5 nitrogen and oxygen atoms in total. The molecule has 0 saturated carbocycles. The first-order valence-corrected chi connectivity index (χ1v) is 7.90. The predicted octanol–water partition coefficient (Wildman–Crippen LogP) is 2.51. The standard InChI is InChI=1S/C17H24FN5/c1-3-19-17(20-9-5-11-23-12-6-10-21-23)22(2)14-15-7-4-8-16(18)13-15/h4,6-8,10,12-13H,3,5,9,11,14H2,1-2H3,(H,19,20). The Hall–Kier alpha value is -2.37. The third-order valence-electron chi connectivity index (χ3n) is 3.37. The van der Waals surface area contributed by atoms with Gasteiger partial charge < -0.3 is 10.2 Å². The number of aromatic nitrogens is 2. The molecule has 0 spiro atoms. The first-order chi connectivity index (χ1) is 11.2. The van der Waals surface area contributed by atoms with Gasteiger partial charge in [-0.25, -0.2) is 4.39 Å². The molecule has 0 atom stereocenters. The summed E-state index contributed by atoms with van der Waals surface area (Å²) in [5.74, 6) is 0.620. The highest BCUT2D eigenvalue weighted by Crippen LogP contribution is 2.06. The molecule has 124 valence electrons. The Morgan fingerprint density at radius 1 is 1.39 bits per heavy atom. The second-order valence-corrected chi connectivity index (χ2v) is 5.34. The van der Waals surface area contributed by atoms with Gasteiger partial charge in [-0.05, 0) is 37.1 Å². The Labute approximate surface area is 136 Å². The number of guanidine groups is 1. The van der Waals surface area contributed by atoms with Crippen molar-refractivity contribution < 1.29 is 4.39 Å². The summed E-state index contributed by atoms with van der Waals surface area (Å²) in [7, 11) is 1.96. The minimum atomic E-state index is -0.211. The second-order valence-electron chi connectivity index (χ2n) is 5.34. The van der Waals surface area contributed by atoms with Crippen molar-refractivity contribution in [2.75, 3.05) is 20.1 Å². The molecule has 1 N–H and O–H groups in total. The molecule has 0 bridgehead atoms. The van der Waals surface area contributed by atoms with E-state index in [-0.39, 0.29) is 5.82 Å². The fraction of sp³-hybridized carbons (Fsp3) is 0.412. The van der Waals surface area contributed by atoms with E-state index in [0.29, 0.717) is 6.54 Å². The highest BCUT2D eigenvalue weighted by Gasteiger charge is 2.06. The maximum Gasteiger partial charge on any atom is 0.193 e. The van der Waals surface area contributed by atoms with Crippen LogP contribution >= 0.6 is 0 Å². The molecule has 1 aromatic carbocycles. The van der Waals surface area contributed by atoms with Crippen LogP contribution in [-0.2, 0) is 13.1 Å². The van der Waals surface area contributed by atoms with E-state index in [1.807, 2.05) is 41.9 Å². The smallest absolute Gasteiger partial charge is 0.193 e. The number of rotatable bonds is 7. The van der Waals surface area contributed by atoms with Gasteiger partial charge in [-0.2, -0.15) is 5.10 Å². The van der Waals surface area contributed by atoms with Crippen molar-refractivity contribution in [3.63, 3.8) is 0 Å². The van der Waals surface area contributed by atoms with E-state index in [2.05, 4.69) is 15.4 Å². The van der Waals surface area contributed by atoms with Crippen LogP contribution in [0, 0.1) is 5.82 Å². The van der Waals surface area contributed by atoms with E-state index in [0.717, 1.165) is 37.6 Å². The van der Waals surface area contributed by atoms with Gasteiger partial charge in [-0.1, -0.05) is 12.1 Å². The van der Waals surface area contributed by atoms with Gasteiger partial charge in [-0.15, -0.1) is 0 Å². The highest BCUT2D eigenvalue weighted by atomic mass is 19.1. The van der Waals surface area contributed by atoms with Gasteiger partial charge in [-0.3, -0.25) is 9.67 Å². The summed E-state index contributed by atoms with van der Waals surface area (Å²) >= 11 is 0. The molecule has 23 heavy (non-hydrogen) atoms. The molecule has 0 amide bonds. The molecule has 2 rings (SSSR count). The lowest BCUT2D eigenvalue weighted by atomic mass is 10.2. The fourth-order valence-corrected chi connectivity index (χ4v) is 2.30. The van der Waals surface area contributed by atoms with Crippen LogP contribution in [0.2, 0.25) is 0 Å². The van der Waals surface area contributed by atoms with Crippen LogP contribution < -0.4 is 5.32 Å². The summed E-state index contributed by atoms with van der Waals surface area (Å²) < 4.78 is 15.2. The lowest BCUT2D eigenvalue weighted by Crippen LogP contribution is -2.38. The normalized spacial score (nSPS) is 11.5. The Kier molecular flexibility index (Phi) is 6.59. The number of aryl methyl sites for hydroxylation is 1. The van der Waals surface area contributed by atoms with Crippen LogP contribution in [0.25, 0.3) is 0 Å². The van der Waals surface area contributed by atoms with Crippen molar-refractivity contribution in [3.8, 4) is 0 Å². The molecule has 0 aliphatic rings. The number of hydrogen-bond acceptors (Lipinski definition) is 2. The molecule has 0 radical (unpaired) electrons. The Morgan fingerprint density at radius 3 is 2.96 bits per heavy atom. The highest BCUT2D eigenvalue weighted by molar-refractivity contribution is 5.79. The van der Waals surface area contributed by atoms with Crippen molar-refractivity contribution in [1.82, 2.24) is 20.0 Å². The zero-order chi connectivity index (χ0) is 16.5. The zero-order valence-corrected chi connectivity index (χ0v) is 13.7. The van der Waals surface area contributed by atoms with Gasteiger partial charge in [0.25, 0.3) is 0 Å². The molecule has 2 aromatic rings. The summed E-state index contributed by atoms with van der Waals surface area (Å²) in [6.07, 6.45) is 4.65. The van der Waals surface area contributed by atoms with Gasteiger partial charge in [0, 0.05) is 45.6 Å². The molecule has 6 heteroatoms. The van der Waals surface area contributed by atoms with E-state index in [9.17, 15) is 4.39 Å². The van der Waals surface area contributed by atoms with E-state index in [4.69, 9.17) is 0 Å². The van der Waals surface area contributed by atoms with Crippen molar-refractivity contribution in [1.29, 1.82) is 0 Å². The molecule has 1 aromatic heterocycles. The SMILES string of the molecule is CCNC(=NCCCn1cccn1)N(C)Cc1cccc(F)c1. The summed E-state index contributed by atoms with van der Waals surface area (Å²) in [4.78, 5) is 6.63.